The minimum absolute atomic E-state index is 0.311. The molecule has 0 amide bonds. The zero-order valence-electron chi connectivity index (χ0n) is 10.2. The number of imidazole rings is 1. The van der Waals surface area contributed by atoms with Crippen LogP contribution in [0.3, 0.4) is 0 Å². The molecule has 92 valence electrons. The lowest BCUT2D eigenvalue weighted by molar-refractivity contribution is 0.637. The van der Waals surface area contributed by atoms with E-state index in [1.165, 1.54) is 6.07 Å². The summed E-state index contributed by atoms with van der Waals surface area (Å²) in [7, 11) is 0. The second-order valence-corrected chi connectivity index (χ2v) is 4.21. The summed E-state index contributed by atoms with van der Waals surface area (Å²) < 4.78 is 15.5. The van der Waals surface area contributed by atoms with Crippen molar-refractivity contribution in [3.63, 3.8) is 0 Å². The van der Waals surface area contributed by atoms with Gasteiger partial charge in [0.15, 0.2) is 11.6 Å². The number of aryl methyl sites for hydroxylation is 2. The van der Waals surface area contributed by atoms with Crippen molar-refractivity contribution < 1.29 is 4.39 Å². The average Bonchev–Trinajstić information content (AvgIpc) is 2.92. The van der Waals surface area contributed by atoms with Crippen LogP contribution in [0, 0.1) is 12.7 Å². The third-order valence-electron chi connectivity index (χ3n) is 2.91. The number of fused-ring (bicyclic) bond motifs is 1. The normalized spacial score (nSPS) is 11.3. The summed E-state index contributed by atoms with van der Waals surface area (Å²) in [6.07, 6.45) is 0. The molecule has 0 fully saturated rings. The van der Waals surface area contributed by atoms with Crippen LogP contribution in [0.25, 0.3) is 22.6 Å². The van der Waals surface area contributed by atoms with Crippen LogP contribution in [0.5, 0.6) is 0 Å². The summed E-state index contributed by atoms with van der Waals surface area (Å²) in [4.78, 5) is 7.44. The minimum Gasteiger partial charge on any atom is -0.337 e. The Morgan fingerprint density at radius 2 is 2.22 bits per heavy atom. The number of aromatic amines is 1. The molecule has 0 spiro atoms. The lowest BCUT2D eigenvalue weighted by Gasteiger charge is -1.99. The molecule has 2 aromatic heterocycles. The van der Waals surface area contributed by atoms with Gasteiger partial charge in [0.25, 0.3) is 0 Å². The first-order valence-corrected chi connectivity index (χ1v) is 5.88. The molecule has 2 heterocycles. The second kappa shape index (κ2) is 3.94. The van der Waals surface area contributed by atoms with E-state index in [2.05, 4.69) is 15.1 Å². The first-order chi connectivity index (χ1) is 8.69. The molecule has 0 bridgehead atoms. The van der Waals surface area contributed by atoms with Gasteiger partial charge in [-0.3, -0.25) is 4.68 Å². The number of benzene rings is 1. The number of aromatic nitrogens is 4. The fourth-order valence-corrected chi connectivity index (χ4v) is 2.10. The van der Waals surface area contributed by atoms with Crippen molar-refractivity contribution in [3.8, 4) is 11.5 Å². The monoisotopic (exact) mass is 244 g/mol. The highest BCUT2D eigenvalue weighted by Crippen LogP contribution is 2.22. The Morgan fingerprint density at radius 3 is 2.94 bits per heavy atom. The van der Waals surface area contributed by atoms with E-state index in [4.69, 9.17) is 0 Å². The molecule has 18 heavy (non-hydrogen) atoms. The smallest absolute Gasteiger partial charge is 0.156 e. The predicted molar refractivity (Wildman–Crippen MR) is 67.7 cm³/mol. The van der Waals surface area contributed by atoms with Crippen LogP contribution in [0.15, 0.2) is 24.3 Å². The molecular weight excluding hydrogens is 231 g/mol. The molecule has 0 saturated heterocycles. The van der Waals surface area contributed by atoms with Crippen LogP contribution >= 0.6 is 0 Å². The topological polar surface area (TPSA) is 46.5 Å². The van der Waals surface area contributed by atoms with Crippen LogP contribution < -0.4 is 0 Å². The number of nitrogens with zero attached hydrogens (tertiary/aromatic N) is 3. The van der Waals surface area contributed by atoms with Crippen molar-refractivity contribution in [1.82, 2.24) is 19.7 Å². The molecule has 0 aliphatic rings. The molecule has 0 atom stereocenters. The van der Waals surface area contributed by atoms with Gasteiger partial charge in [-0.25, -0.2) is 9.37 Å². The Bertz CT molecular complexity index is 711. The predicted octanol–water partition coefficient (Wildman–Crippen LogP) is 2.89. The summed E-state index contributed by atoms with van der Waals surface area (Å²) >= 11 is 0. The second-order valence-electron chi connectivity index (χ2n) is 4.21. The van der Waals surface area contributed by atoms with E-state index in [1.54, 1.807) is 6.07 Å². The maximum atomic E-state index is 13.6. The SMILES string of the molecule is CCn1nc(C)cc1-c1nc2c(F)cccc2[nH]1. The molecular formula is C13H13FN4. The van der Waals surface area contributed by atoms with Crippen LogP contribution in [0.1, 0.15) is 12.6 Å². The van der Waals surface area contributed by atoms with Gasteiger partial charge < -0.3 is 4.98 Å². The van der Waals surface area contributed by atoms with E-state index in [0.29, 0.717) is 16.9 Å². The van der Waals surface area contributed by atoms with Gasteiger partial charge in [-0.1, -0.05) is 6.07 Å². The van der Waals surface area contributed by atoms with Crippen LogP contribution in [-0.2, 0) is 6.54 Å². The third-order valence-corrected chi connectivity index (χ3v) is 2.91. The van der Waals surface area contributed by atoms with Gasteiger partial charge >= 0.3 is 0 Å². The van der Waals surface area contributed by atoms with Gasteiger partial charge in [0.2, 0.25) is 0 Å². The number of hydrogen-bond acceptors (Lipinski definition) is 2. The number of nitrogens with one attached hydrogen (secondary N) is 1. The molecule has 0 aliphatic carbocycles. The van der Waals surface area contributed by atoms with E-state index in [1.807, 2.05) is 30.7 Å². The number of H-pyrrole nitrogens is 1. The van der Waals surface area contributed by atoms with Crippen molar-refractivity contribution in [2.75, 3.05) is 0 Å². The summed E-state index contributed by atoms with van der Waals surface area (Å²) in [6, 6.07) is 6.84. The highest BCUT2D eigenvalue weighted by atomic mass is 19.1. The summed E-state index contributed by atoms with van der Waals surface area (Å²) in [5, 5.41) is 4.36. The molecule has 0 unspecified atom stereocenters. The van der Waals surface area contributed by atoms with Crippen molar-refractivity contribution >= 4 is 11.0 Å². The minimum atomic E-state index is -0.311. The van der Waals surface area contributed by atoms with Gasteiger partial charge in [0, 0.05) is 6.54 Å². The average molecular weight is 244 g/mol. The zero-order chi connectivity index (χ0) is 12.7. The van der Waals surface area contributed by atoms with Crippen molar-refractivity contribution in [2.45, 2.75) is 20.4 Å². The molecule has 3 aromatic rings. The Labute approximate surface area is 103 Å². The molecule has 5 heteroatoms. The number of rotatable bonds is 2. The lowest BCUT2D eigenvalue weighted by Crippen LogP contribution is -1.99. The Hall–Kier alpha value is -2.17. The van der Waals surface area contributed by atoms with Gasteiger partial charge in [-0.05, 0) is 32.0 Å². The van der Waals surface area contributed by atoms with Crippen molar-refractivity contribution in [3.05, 3.63) is 35.8 Å². The van der Waals surface area contributed by atoms with Crippen LogP contribution in [0.2, 0.25) is 0 Å². The zero-order valence-corrected chi connectivity index (χ0v) is 10.2. The van der Waals surface area contributed by atoms with Crippen molar-refractivity contribution in [2.24, 2.45) is 0 Å². The maximum Gasteiger partial charge on any atom is 0.156 e. The van der Waals surface area contributed by atoms with Gasteiger partial charge in [-0.15, -0.1) is 0 Å². The standard InChI is InChI=1S/C13H13FN4/c1-3-18-11(7-8(2)17-18)13-15-10-6-4-5-9(14)12(10)16-13/h4-7H,3H2,1-2H3,(H,15,16). The molecule has 1 aromatic carbocycles. The lowest BCUT2D eigenvalue weighted by atomic mass is 10.3. The molecule has 0 aliphatic heterocycles. The quantitative estimate of drug-likeness (QED) is 0.753. The van der Waals surface area contributed by atoms with Gasteiger partial charge in [-0.2, -0.15) is 5.10 Å². The van der Waals surface area contributed by atoms with Crippen molar-refractivity contribution in [1.29, 1.82) is 0 Å². The maximum absolute atomic E-state index is 13.6. The Balaban J connectivity index is 2.22. The highest BCUT2D eigenvalue weighted by Gasteiger charge is 2.13. The summed E-state index contributed by atoms with van der Waals surface area (Å²) in [5.41, 5.74) is 2.87. The fraction of sp³-hybridized carbons (Fsp3) is 0.231. The molecule has 0 saturated carbocycles. The largest absolute Gasteiger partial charge is 0.337 e. The highest BCUT2D eigenvalue weighted by molar-refractivity contribution is 5.79. The summed E-state index contributed by atoms with van der Waals surface area (Å²) in [6.45, 7) is 4.70. The molecule has 1 N–H and O–H groups in total. The van der Waals surface area contributed by atoms with Gasteiger partial charge in [0.05, 0.1) is 11.2 Å². The molecule has 3 rings (SSSR count). The fourth-order valence-electron chi connectivity index (χ4n) is 2.10. The van der Waals surface area contributed by atoms with E-state index >= 15 is 0 Å². The number of halogens is 1. The van der Waals surface area contributed by atoms with E-state index in [-0.39, 0.29) is 5.82 Å². The van der Waals surface area contributed by atoms with E-state index in [9.17, 15) is 4.39 Å². The number of hydrogen-bond donors (Lipinski definition) is 1. The first kappa shape index (κ1) is 11.0. The van der Waals surface area contributed by atoms with E-state index in [0.717, 1.165) is 17.9 Å². The summed E-state index contributed by atoms with van der Waals surface area (Å²) in [5.74, 6) is 0.340. The van der Waals surface area contributed by atoms with Crippen LogP contribution in [-0.4, -0.2) is 19.7 Å². The van der Waals surface area contributed by atoms with Crippen LogP contribution in [0.4, 0.5) is 4.39 Å². The number of para-hydroxylation sites is 1. The third kappa shape index (κ3) is 1.59. The first-order valence-electron chi connectivity index (χ1n) is 5.88. The molecule has 0 radical (unpaired) electrons. The Morgan fingerprint density at radius 1 is 1.39 bits per heavy atom. The van der Waals surface area contributed by atoms with E-state index < -0.39 is 0 Å². The molecule has 4 nitrogen and oxygen atoms in total. The Kier molecular flexibility index (Phi) is 2.40. The van der Waals surface area contributed by atoms with Gasteiger partial charge in [0.1, 0.15) is 11.2 Å².